The van der Waals surface area contributed by atoms with Crippen molar-refractivity contribution in [1.82, 2.24) is 24.0 Å². The highest BCUT2D eigenvalue weighted by Gasteiger charge is 2.14. The van der Waals surface area contributed by atoms with E-state index in [1.807, 2.05) is 0 Å². The minimum atomic E-state index is -0.271. The molecule has 222 valence electrons. The van der Waals surface area contributed by atoms with E-state index in [1.165, 1.54) is 125 Å². The van der Waals surface area contributed by atoms with E-state index in [1.54, 1.807) is 25.0 Å². The molecule has 0 saturated heterocycles. The molecule has 0 aliphatic rings. The molecule has 2 aromatic rings. The number of fused-ring (bicyclic) bond motifs is 1. The van der Waals surface area contributed by atoms with E-state index in [9.17, 15) is 9.59 Å². The molecule has 0 aliphatic carbocycles. The first-order valence-corrected chi connectivity index (χ1v) is 16.0. The Morgan fingerprint density at radius 3 is 1.82 bits per heavy atom. The molecule has 0 saturated carbocycles. The minimum Gasteiger partial charge on any atom is -0.328 e. The Labute approximate surface area is 237 Å². The lowest BCUT2D eigenvalue weighted by atomic mass is 10.1. The molecule has 7 heteroatoms. The van der Waals surface area contributed by atoms with Crippen LogP contribution in [-0.4, -0.2) is 31.8 Å². The van der Waals surface area contributed by atoms with Crippen LogP contribution in [0.15, 0.2) is 28.1 Å². The number of nitrogens with one attached hydrogen (secondary N) is 1. The first-order chi connectivity index (χ1) is 19.1. The smallest absolute Gasteiger partial charge is 0.328 e. The second-order valence-corrected chi connectivity index (χ2v) is 11.3. The fourth-order valence-corrected chi connectivity index (χ4v) is 5.25. The summed E-state index contributed by atoms with van der Waals surface area (Å²) in [6.07, 6.45) is 30.5. The van der Waals surface area contributed by atoms with E-state index < -0.39 is 0 Å². The Hall–Kier alpha value is -2.15. The normalized spacial score (nSPS) is 11.9. The summed E-state index contributed by atoms with van der Waals surface area (Å²) < 4.78 is 4.54. The van der Waals surface area contributed by atoms with Crippen LogP contribution >= 0.6 is 0 Å². The highest BCUT2D eigenvalue weighted by Crippen LogP contribution is 2.11. The average Bonchev–Trinajstić information content (AvgIpc) is 3.33. The average molecular weight is 544 g/mol. The van der Waals surface area contributed by atoms with Gasteiger partial charge in [0.2, 0.25) is 0 Å². The van der Waals surface area contributed by atoms with Crippen LogP contribution in [0.4, 0.5) is 0 Å². The van der Waals surface area contributed by atoms with Gasteiger partial charge in [0.1, 0.15) is 0 Å². The second-order valence-electron chi connectivity index (χ2n) is 11.3. The number of nitrogens with zero attached hydrogens (tertiary/aromatic N) is 4. The Bertz CT molecular complexity index is 1050. The Morgan fingerprint density at radius 2 is 1.23 bits per heavy atom. The molecular formula is C32H57N5O2. The Balaban J connectivity index is 1.34. The number of aryl methyl sites for hydroxylation is 2. The summed E-state index contributed by atoms with van der Waals surface area (Å²) in [6, 6.07) is 0. The van der Waals surface area contributed by atoms with Crippen molar-refractivity contribution < 1.29 is 0 Å². The van der Waals surface area contributed by atoms with Gasteiger partial charge in [-0.2, -0.15) is 0 Å². The van der Waals surface area contributed by atoms with Crippen LogP contribution in [0.5, 0.6) is 0 Å². The van der Waals surface area contributed by atoms with Crippen molar-refractivity contribution >= 4 is 11.2 Å². The maximum Gasteiger partial charge on any atom is 0.332 e. The third-order valence-corrected chi connectivity index (χ3v) is 7.80. The van der Waals surface area contributed by atoms with Gasteiger partial charge in [0.25, 0.3) is 5.56 Å². The standard InChI is InChI=1S/C32H57N5O2/c1-4-5-6-7-8-9-10-11-13-16-19-22-25-33-26-23-20-17-14-12-15-18-21-24-27-37-31(38)29-30(34-28-35(29)2)36(3)32(37)39/h7-8,28,33H,4-6,9-27H2,1-3H3/b8-7-. The summed E-state index contributed by atoms with van der Waals surface area (Å²) in [5.41, 5.74) is 0.454. The zero-order valence-corrected chi connectivity index (χ0v) is 25.4. The molecule has 2 aromatic heterocycles. The van der Waals surface area contributed by atoms with Crippen molar-refractivity contribution in [3.05, 3.63) is 39.3 Å². The number of hydrogen-bond donors (Lipinski definition) is 1. The van der Waals surface area contributed by atoms with Gasteiger partial charge >= 0.3 is 5.69 Å². The Morgan fingerprint density at radius 1 is 0.718 bits per heavy atom. The summed E-state index contributed by atoms with van der Waals surface area (Å²) in [4.78, 5) is 29.5. The van der Waals surface area contributed by atoms with Crippen molar-refractivity contribution in [2.45, 2.75) is 135 Å². The van der Waals surface area contributed by atoms with Crippen LogP contribution in [0, 0.1) is 0 Å². The van der Waals surface area contributed by atoms with Gasteiger partial charge < -0.3 is 9.88 Å². The van der Waals surface area contributed by atoms with Crippen LogP contribution in [0.3, 0.4) is 0 Å². The van der Waals surface area contributed by atoms with E-state index in [0.717, 1.165) is 19.4 Å². The Kier molecular flexibility index (Phi) is 17.6. The molecule has 7 nitrogen and oxygen atoms in total. The van der Waals surface area contributed by atoms with Crippen molar-refractivity contribution in [2.24, 2.45) is 14.1 Å². The van der Waals surface area contributed by atoms with Crippen molar-refractivity contribution in [2.75, 3.05) is 13.1 Å². The zero-order chi connectivity index (χ0) is 28.1. The SMILES string of the molecule is CCCC/C=C\CCCCCCCCNCCCCCCCCCCCn1c(=O)c2c(ncn2C)n(C)c1=O. The van der Waals surface area contributed by atoms with E-state index in [-0.39, 0.29) is 11.2 Å². The zero-order valence-electron chi connectivity index (χ0n) is 25.4. The molecule has 0 fully saturated rings. The number of unbranched alkanes of at least 4 members (excludes halogenated alkanes) is 16. The predicted octanol–water partition coefficient (Wildman–Crippen LogP) is 7.01. The van der Waals surface area contributed by atoms with Gasteiger partial charge in [0, 0.05) is 20.6 Å². The molecule has 39 heavy (non-hydrogen) atoms. The summed E-state index contributed by atoms with van der Waals surface area (Å²) in [7, 11) is 3.48. The quantitative estimate of drug-likeness (QED) is 0.114. The van der Waals surface area contributed by atoms with Crippen LogP contribution in [0.25, 0.3) is 11.2 Å². The highest BCUT2D eigenvalue weighted by molar-refractivity contribution is 5.69. The topological polar surface area (TPSA) is 73.8 Å². The maximum atomic E-state index is 12.7. The molecule has 2 heterocycles. The van der Waals surface area contributed by atoms with E-state index in [0.29, 0.717) is 17.7 Å². The molecular weight excluding hydrogens is 486 g/mol. The second kappa shape index (κ2) is 20.7. The lowest BCUT2D eigenvalue weighted by Gasteiger charge is -2.08. The van der Waals surface area contributed by atoms with Crippen LogP contribution in [0.1, 0.15) is 129 Å². The highest BCUT2D eigenvalue weighted by atomic mass is 16.2. The van der Waals surface area contributed by atoms with Crippen LogP contribution < -0.4 is 16.6 Å². The lowest BCUT2D eigenvalue weighted by molar-refractivity contribution is 0.510. The van der Waals surface area contributed by atoms with Gasteiger partial charge in [-0.25, -0.2) is 9.78 Å². The molecule has 0 spiro atoms. The van der Waals surface area contributed by atoms with Crippen molar-refractivity contribution in [3.8, 4) is 0 Å². The fraction of sp³-hybridized carbons (Fsp3) is 0.781. The number of aromatic nitrogens is 4. The third kappa shape index (κ3) is 12.7. The molecule has 0 amide bonds. The first kappa shape index (κ1) is 33.1. The van der Waals surface area contributed by atoms with Crippen LogP contribution in [-0.2, 0) is 20.6 Å². The monoisotopic (exact) mass is 543 g/mol. The van der Waals surface area contributed by atoms with Crippen LogP contribution in [0.2, 0.25) is 0 Å². The molecule has 0 unspecified atom stereocenters. The lowest BCUT2D eigenvalue weighted by Crippen LogP contribution is -2.39. The molecule has 0 bridgehead atoms. The molecule has 0 radical (unpaired) electrons. The van der Waals surface area contributed by atoms with E-state index >= 15 is 0 Å². The van der Waals surface area contributed by atoms with Crippen molar-refractivity contribution in [3.63, 3.8) is 0 Å². The third-order valence-electron chi connectivity index (χ3n) is 7.80. The summed E-state index contributed by atoms with van der Waals surface area (Å²) in [5.74, 6) is 0. The van der Waals surface area contributed by atoms with E-state index in [4.69, 9.17) is 0 Å². The summed E-state index contributed by atoms with van der Waals surface area (Å²) in [5, 5.41) is 3.62. The minimum absolute atomic E-state index is 0.227. The summed E-state index contributed by atoms with van der Waals surface area (Å²) in [6.45, 7) is 5.07. The van der Waals surface area contributed by atoms with E-state index in [2.05, 4.69) is 29.4 Å². The van der Waals surface area contributed by atoms with Gasteiger partial charge in [0.15, 0.2) is 11.2 Å². The first-order valence-electron chi connectivity index (χ1n) is 16.0. The summed E-state index contributed by atoms with van der Waals surface area (Å²) >= 11 is 0. The van der Waals surface area contributed by atoms with Gasteiger partial charge in [-0.05, 0) is 51.6 Å². The van der Waals surface area contributed by atoms with Gasteiger partial charge in [-0.15, -0.1) is 0 Å². The maximum absolute atomic E-state index is 12.7. The number of hydrogen-bond acceptors (Lipinski definition) is 4. The van der Waals surface area contributed by atoms with Crippen molar-refractivity contribution in [1.29, 1.82) is 0 Å². The fourth-order valence-electron chi connectivity index (χ4n) is 5.25. The van der Waals surface area contributed by atoms with Gasteiger partial charge in [-0.3, -0.25) is 13.9 Å². The van der Waals surface area contributed by atoms with Gasteiger partial charge in [-0.1, -0.05) is 103 Å². The number of allylic oxidation sites excluding steroid dienone is 2. The molecule has 2 rings (SSSR count). The largest absolute Gasteiger partial charge is 0.332 e. The molecule has 0 atom stereocenters. The predicted molar refractivity (Wildman–Crippen MR) is 166 cm³/mol. The number of imidazole rings is 1. The number of rotatable bonds is 24. The molecule has 0 aliphatic heterocycles. The molecule has 1 N–H and O–H groups in total. The molecule has 0 aromatic carbocycles. The van der Waals surface area contributed by atoms with Gasteiger partial charge in [0.05, 0.1) is 6.33 Å².